The fourth-order valence-electron chi connectivity index (χ4n) is 3.96. The van der Waals surface area contributed by atoms with E-state index < -0.39 is 23.8 Å². The third-order valence-electron chi connectivity index (χ3n) is 6.46. The van der Waals surface area contributed by atoms with Crippen molar-refractivity contribution in [2.75, 3.05) is 37.4 Å². The van der Waals surface area contributed by atoms with Gasteiger partial charge in [-0.25, -0.2) is 4.79 Å². The van der Waals surface area contributed by atoms with Crippen molar-refractivity contribution in [3.05, 3.63) is 86.9 Å². The number of nitrogens with zero attached hydrogens (tertiary/aromatic N) is 1. The van der Waals surface area contributed by atoms with E-state index in [-0.39, 0.29) is 34.5 Å². The maximum absolute atomic E-state index is 13.2. The predicted molar refractivity (Wildman–Crippen MR) is 168 cm³/mol. The first kappa shape index (κ1) is 34.4. The number of allylic oxidation sites excluding steroid dienone is 3. The summed E-state index contributed by atoms with van der Waals surface area (Å²) < 4.78 is 5.56. The molecule has 1 atom stereocenters. The molecule has 222 valence electrons. The molecule has 0 saturated heterocycles. The van der Waals surface area contributed by atoms with E-state index in [4.69, 9.17) is 39.5 Å². The van der Waals surface area contributed by atoms with Gasteiger partial charge in [0.15, 0.2) is 0 Å². The van der Waals surface area contributed by atoms with Crippen LogP contribution in [-0.2, 0) is 20.7 Å². The van der Waals surface area contributed by atoms with E-state index in [1.54, 1.807) is 42.5 Å². The number of halogens is 3. The van der Waals surface area contributed by atoms with Crippen LogP contribution < -0.4 is 10.6 Å². The normalized spacial score (nSPS) is 12.7. The predicted octanol–water partition coefficient (Wildman–Crippen LogP) is 6.68. The Balaban J connectivity index is 2.21. The number of hydrogen-bond donors (Lipinski definition) is 2. The number of nitrogens with one attached hydrogen (secondary N) is 2. The second-order valence-corrected chi connectivity index (χ2v) is 10.4. The topological polar surface area (TPSA) is 87.7 Å². The van der Waals surface area contributed by atoms with Crippen LogP contribution in [0, 0.1) is 0 Å². The van der Waals surface area contributed by atoms with Gasteiger partial charge in [0, 0.05) is 24.2 Å². The zero-order chi connectivity index (χ0) is 30.4. The minimum absolute atomic E-state index is 0.000703. The first-order chi connectivity index (χ1) is 19.6. The van der Waals surface area contributed by atoms with Crippen molar-refractivity contribution in [2.45, 2.75) is 46.6 Å². The summed E-state index contributed by atoms with van der Waals surface area (Å²) in [5, 5.41) is 6.09. The number of carbonyl (C=O) groups is 3. The summed E-state index contributed by atoms with van der Waals surface area (Å²) in [4.78, 5) is 41.1. The summed E-state index contributed by atoms with van der Waals surface area (Å²) in [7, 11) is 0. The highest BCUT2D eigenvalue weighted by molar-refractivity contribution is 6.40. The maximum Gasteiger partial charge on any atom is 0.329 e. The van der Waals surface area contributed by atoms with E-state index in [1.165, 1.54) is 0 Å². The van der Waals surface area contributed by atoms with Crippen molar-refractivity contribution in [3.8, 4) is 0 Å². The molecule has 2 rings (SSSR count). The molecule has 0 aliphatic carbocycles. The third-order valence-corrected chi connectivity index (χ3v) is 7.36. The molecule has 0 radical (unpaired) electrons. The number of benzene rings is 2. The molecule has 2 aromatic carbocycles. The summed E-state index contributed by atoms with van der Waals surface area (Å²) in [6.45, 7) is 10.4. The molecule has 10 heteroatoms. The van der Waals surface area contributed by atoms with Crippen molar-refractivity contribution in [3.63, 3.8) is 0 Å². The Morgan fingerprint density at radius 2 is 1.63 bits per heavy atom. The molecule has 0 bridgehead atoms. The number of carbonyl (C=O) groups excluding carboxylic acids is 3. The monoisotopic (exact) mass is 621 g/mol. The fraction of sp³-hybridized carbons (Fsp3) is 0.387. The Kier molecular flexibility index (Phi) is 15.0. The molecule has 0 fully saturated rings. The molecule has 0 spiro atoms. The van der Waals surface area contributed by atoms with Gasteiger partial charge in [-0.2, -0.15) is 0 Å². The van der Waals surface area contributed by atoms with Crippen LogP contribution in [0.1, 0.15) is 50.0 Å². The maximum atomic E-state index is 13.2. The Bertz CT molecular complexity index is 1220. The minimum atomic E-state index is -0.942. The highest BCUT2D eigenvalue weighted by Gasteiger charge is 2.25. The molecular formula is C31H38Cl3N3O4. The van der Waals surface area contributed by atoms with Crippen molar-refractivity contribution < 1.29 is 19.1 Å². The molecule has 41 heavy (non-hydrogen) atoms. The van der Waals surface area contributed by atoms with Crippen LogP contribution in [0.4, 0.5) is 5.69 Å². The molecule has 0 heterocycles. The highest BCUT2D eigenvalue weighted by atomic mass is 35.5. The van der Waals surface area contributed by atoms with Gasteiger partial charge in [-0.3, -0.25) is 9.59 Å². The Morgan fingerprint density at radius 3 is 2.20 bits per heavy atom. The van der Waals surface area contributed by atoms with Crippen LogP contribution in [0.2, 0.25) is 10.0 Å². The molecule has 2 N–H and O–H groups in total. The van der Waals surface area contributed by atoms with Gasteiger partial charge in [0.05, 0.1) is 21.5 Å². The molecule has 2 aromatic rings. The lowest BCUT2D eigenvalue weighted by Gasteiger charge is -2.21. The fourth-order valence-corrected chi connectivity index (χ4v) is 4.86. The second-order valence-electron chi connectivity index (χ2n) is 9.28. The molecule has 0 aliphatic heterocycles. The summed E-state index contributed by atoms with van der Waals surface area (Å²) in [5.41, 5.74) is 2.56. The average molecular weight is 623 g/mol. The van der Waals surface area contributed by atoms with Crippen LogP contribution in [0.3, 0.4) is 0 Å². The quantitative estimate of drug-likeness (QED) is 0.100. The van der Waals surface area contributed by atoms with Crippen molar-refractivity contribution in [1.82, 2.24) is 10.2 Å². The van der Waals surface area contributed by atoms with Gasteiger partial charge < -0.3 is 20.3 Å². The zero-order valence-electron chi connectivity index (χ0n) is 23.9. The van der Waals surface area contributed by atoms with Crippen LogP contribution in [0.5, 0.6) is 0 Å². The summed E-state index contributed by atoms with van der Waals surface area (Å²) in [6.07, 6.45) is 4.78. The van der Waals surface area contributed by atoms with Crippen molar-refractivity contribution in [1.29, 1.82) is 0 Å². The SMILES string of the molecule is CC/C=C\C(C)=C(/CCl)C(=O)N[C@@H](Cc1ccc(NC(=O)c2c(Cl)cccc2Cl)cc1)C(=O)OCCN(CC)CC. The van der Waals surface area contributed by atoms with Gasteiger partial charge in [0.2, 0.25) is 5.91 Å². The van der Waals surface area contributed by atoms with E-state index in [0.29, 0.717) is 17.8 Å². The van der Waals surface area contributed by atoms with Gasteiger partial charge in [-0.05, 0) is 61.8 Å². The van der Waals surface area contributed by atoms with Crippen LogP contribution in [0.15, 0.2) is 65.8 Å². The van der Waals surface area contributed by atoms with E-state index in [9.17, 15) is 14.4 Å². The number of rotatable bonds is 15. The smallest absolute Gasteiger partial charge is 0.329 e. The molecule has 0 aliphatic rings. The summed E-state index contributed by atoms with van der Waals surface area (Å²) in [6, 6.07) is 10.8. The van der Waals surface area contributed by atoms with Crippen LogP contribution >= 0.6 is 34.8 Å². The van der Waals surface area contributed by atoms with Crippen molar-refractivity contribution in [2.24, 2.45) is 0 Å². The molecule has 2 amide bonds. The lowest BCUT2D eigenvalue weighted by atomic mass is 10.0. The number of likely N-dealkylation sites (N-methyl/N-ethyl adjacent to an activating group) is 1. The van der Waals surface area contributed by atoms with Gasteiger partial charge >= 0.3 is 5.97 Å². The van der Waals surface area contributed by atoms with E-state index >= 15 is 0 Å². The van der Waals surface area contributed by atoms with Gasteiger partial charge in [0.1, 0.15) is 12.6 Å². The number of anilines is 1. The summed E-state index contributed by atoms with van der Waals surface area (Å²) in [5.74, 6) is -1.40. The van der Waals surface area contributed by atoms with Gasteiger partial charge in [-0.15, -0.1) is 11.6 Å². The van der Waals surface area contributed by atoms with E-state index in [0.717, 1.165) is 30.6 Å². The number of hydrogen-bond acceptors (Lipinski definition) is 5. The number of alkyl halides is 1. The number of ether oxygens (including phenoxy) is 1. The number of esters is 1. The first-order valence-corrected chi connectivity index (χ1v) is 14.9. The molecule has 7 nitrogen and oxygen atoms in total. The average Bonchev–Trinajstić information content (AvgIpc) is 2.95. The van der Waals surface area contributed by atoms with Crippen LogP contribution in [-0.4, -0.2) is 60.8 Å². The second kappa shape index (κ2) is 17.9. The standard InChI is InChI=1S/C31H38Cl3N3O4/c1-5-8-10-21(4)24(20-32)29(38)36-27(31(40)41-18-17-37(6-2)7-3)19-22-13-15-23(16-14-22)35-30(39)28-25(33)11-9-12-26(28)34/h8-16,27H,5-7,17-20H2,1-4H3,(H,35,39)(H,36,38)/b10-8-,24-21+/t27-/m0/s1. The minimum Gasteiger partial charge on any atom is -0.463 e. The Hall–Kier alpha value is -2.84. The van der Waals surface area contributed by atoms with Gasteiger partial charge in [-0.1, -0.05) is 74.3 Å². The van der Waals surface area contributed by atoms with Crippen molar-refractivity contribution >= 4 is 58.3 Å². The highest BCUT2D eigenvalue weighted by Crippen LogP contribution is 2.25. The van der Waals surface area contributed by atoms with Gasteiger partial charge in [0.25, 0.3) is 5.91 Å². The lowest BCUT2D eigenvalue weighted by Crippen LogP contribution is -2.45. The first-order valence-electron chi connectivity index (χ1n) is 13.6. The Morgan fingerprint density at radius 1 is 1.00 bits per heavy atom. The molecule has 0 saturated carbocycles. The van der Waals surface area contributed by atoms with E-state index in [1.807, 2.05) is 39.8 Å². The zero-order valence-corrected chi connectivity index (χ0v) is 26.2. The summed E-state index contributed by atoms with van der Waals surface area (Å²) >= 11 is 18.4. The Labute approximate surface area is 257 Å². The molecule has 0 aromatic heterocycles. The lowest BCUT2D eigenvalue weighted by molar-refractivity contribution is -0.148. The molecule has 0 unspecified atom stereocenters. The third kappa shape index (κ3) is 10.8. The van der Waals surface area contributed by atoms with Crippen LogP contribution in [0.25, 0.3) is 0 Å². The van der Waals surface area contributed by atoms with E-state index in [2.05, 4.69) is 15.5 Å². The molecular weight excluding hydrogens is 585 g/mol. The number of amides is 2. The largest absolute Gasteiger partial charge is 0.463 e.